The fourth-order valence-corrected chi connectivity index (χ4v) is 4.65. The van der Waals surface area contributed by atoms with Gasteiger partial charge in [0, 0.05) is 30.3 Å². The van der Waals surface area contributed by atoms with Gasteiger partial charge in [0.15, 0.2) is 0 Å². The maximum absolute atomic E-state index is 12.7. The van der Waals surface area contributed by atoms with Gasteiger partial charge in [0.2, 0.25) is 21.8 Å². The third-order valence-electron chi connectivity index (χ3n) is 4.92. The lowest BCUT2D eigenvalue weighted by Crippen LogP contribution is -2.41. The van der Waals surface area contributed by atoms with Crippen molar-refractivity contribution in [1.29, 1.82) is 0 Å². The molecule has 0 aromatic heterocycles. The third kappa shape index (κ3) is 4.40. The van der Waals surface area contributed by atoms with E-state index in [2.05, 4.69) is 5.32 Å². The number of amides is 2. The number of piperidine rings is 1. The van der Waals surface area contributed by atoms with Gasteiger partial charge >= 0.3 is 0 Å². The molecule has 148 valence electrons. The summed E-state index contributed by atoms with van der Waals surface area (Å²) in [5.74, 6) is -0.945. The van der Waals surface area contributed by atoms with E-state index in [0.29, 0.717) is 37.2 Å². The number of sulfonamides is 1. The molecule has 1 saturated heterocycles. The molecule has 1 aliphatic heterocycles. The summed E-state index contributed by atoms with van der Waals surface area (Å²) < 4.78 is 26.9. The topological polar surface area (TPSA) is 110 Å². The standard InChI is InChI=1S/C20H23N3O4S/c1-14-2-8-18(9-3-14)28(26,27)23-12-10-16(11-13-23)20(25)22-17-6-4-15(5-7-17)19(21)24/h2-9,16H,10-13H2,1H3,(H2,21,24)(H,22,25). The Hall–Kier alpha value is -2.71. The number of aryl methyl sites for hydroxylation is 1. The minimum Gasteiger partial charge on any atom is -0.366 e. The Morgan fingerprint density at radius 2 is 1.57 bits per heavy atom. The van der Waals surface area contributed by atoms with Crippen LogP contribution in [-0.2, 0) is 14.8 Å². The molecular weight excluding hydrogens is 378 g/mol. The molecule has 0 spiro atoms. The second-order valence-electron chi connectivity index (χ2n) is 6.92. The van der Waals surface area contributed by atoms with E-state index >= 15 is 0 Å². The number of anilines is 1. The third-order valence-corrected chi connectivity index (χ3v) is 6.83. The molecule has 0 aliphatic carbocycles. The summed E-state index contributed by atoms with van der Waals surface area (Å²) in [6.45, 7) is 2.51. The van der Waals surface area contributed by atoms with Crippen LogP contribution in [0.15, 0.2) is 53.4 Å². The molecule has 7 nitrogen and oxygen atoms in total. The lowest BCUT2D eigenvalue weighted by molar-refractivity contribution is -0.120. The molecule has 0 unspecified atom stereocenters. The molecule has 1 aliphatic rings. The Kier molecular flexibility index (Phi) is 5.81. The molecule has 1 fully saturated rings. The highest BCUT2D eigenvalue weighted by Gasteiger charge is 2.32. The fourth-order valence-electron chi connectivity index (χ4n) is 3.18. The van der Waals surface area contributed by atoms with E-state index in [1.165, 1.54) is 4.31 Å². The molecule has 0 radical (unpaired) electrons. The van der Waals surface area contributed by atoms with Crippen LogP contribution in [0.2, 0.25) is 0 Å². The van der Waals surface area contributed by atoms with Crippen molar-refractivity contribution in [2.75, 3.05) is 18.4 Å². The number of nitrogens with one attached hydrogen (secondary N) is 1. The largest absolute Gasteiger partial charge is 0.366 e. The molecule has 3 rings (SSSR count). The van der Waals surface area contributed by atoms with E-state index in [1.807, 2.05) is 6.92 Å². The molecular formula is C20H23N3O4S. The monoisotopic (exact) mass is 401 g/mol. The Morgan fingerprint density at radius 1 is 1.00 bits per heavy atom. The summed E-state index contributed by atoms with van der Waals surface area (Å²) in [5, 5.41) is 2.81. The zero-order chi connectivity index (χ0) is 20.3. The lowest BCUT2D eigenvalue weighted by atomic mass is 9.97. The smallest absolute Gasteiger partial charge is 0.248 e. The first kappa shape index (κ1) is 20.0. The lowest BCUT2D eigenvalue weighted by Gasteiger charge is -2.30. The van der Waals surface area contributed by atoms with Gasteiger partial charge in [-0.2, -0.15) is 4.31 Å². The predicted molar refractivity (Wildman–Crippen MR) is 106 cm³/mol. The van der Waals surface area contributed by atoms with Crippen molar-refractivity contribution >= 4 is 27.5 Å². The van der Waals surface area contributed by atoms with E-state index < -0.39 is 15.9 Å². The van der Waals surface area contributed by atoms with Gasteiger partial charge in [-0.05, 0) is 56.2 Å². The number of carbonyl (C=O) groups is 2. The second-order valence-corrected chi connectivity index (χ2v) is 8.86. The maximum Gasteiger partial charge on any atom is 0.248 e. The number of hydrogen-bond donors (Lipinski definition) is 2. The van der Waals surface area contributed by atoms with Crippen LogP contribution in [0.4, 0.5) is 5.69 Å². The fraction of sp³-hybridized carbons (Fsp3) is 0.300. The van der Waals surface area contributed by atoms with Gasteiger partial charge in [0.25, 0.3) is 0 Å². The summed E-state index contributed by atoms with van der Waals surface area (Å²) >= 11 is 0. The molecule has 0 bridgehead atoms. The van der Waals surface area contributed by atoms with Crippen LogP contribution >= 0.6 is 0 Å². The molecule has 1 heterocycles. The first-order chi connectivity index (χ1) is 13.3. The van der Waals surface area contributed by atoms with Crippen LogP contribution in [0.1, 0.15) is 28.8 Å². The normalized spacial score (nSPS) is 15.9. The van der Waals surface area contributed by atoms with Crippen molar-refractivity contribution in [1.82, 2.24) is 4.31 Å². The summed E-state index contributed by atoms with van der Waals surface area (Å²) in [4.78, 5) is 23.8. The van der Waals surface area contributed by atoms with Crippen molar-refractivity contribution in [3.05, 3.63) is 59.7 Å². The molecule has 2 aromatic rings. The molecule has 0 atom stereocenters. The zero-order valence-corrected chi connectivity index (χ0v) is 16.4. The average Bonchev–Trinajstić information content (AvgIpc) is 2.69. The van der Waals surface area contributed by atoms with E-state index in [1.54, 1.807) is 48.5 Å². The van der Waals surface area contributed by atoms with Crippen LogP contribution in [0.25, 0.3) is 0 Å². The van der Waals surface area contributed by atoms with Crippen molar-refractivity contribution in [2.45, 2.75) is 24.7 Å². The van der Waals surface area contributed by atoms with E-state index in [-0.39, 0.29) is 16.7 Å². The highest BCUT2D eigenvalue weighted by atomic mass is 32.2. The van der Waals surface area contributed by atoms with Gasteiger partial charge in [0.1, 0.15) is 0 Å². The number of nitrogens with zero attached hydrogens (tertiary/aromatic N) is 1. The first-order valence-electron chi connectivity index (χ1n) is 9.05. The SMILES string of the molecule is Cc1ccc(S(=O)(=O)N2CCC(C(=O)Nc3ccc(C(N)=O)cc3)CC2)cc1. The molecule has 3 N–H and O–H groups in total. The van der Waals surface area contributed by atoms with Gasteiger partial charge in [-0.25, -0.2) is 8.42 Å². The van der Waals surface area contributed by atoms with Crippen molar-refractivity contribution in [3.8, 4) is 0 Å². The van der Waals surface area contributed by atoms with E-state index in [9.17, 15) is 18.0 Å². The predicted octanol–water partition coefficient (Wildman–Crippen LogP) is 2.13. The first-order valence-corrected chi connectivity index (χ1v) is 10.5. The summed E-state index contributed by atoms with van der Waals surface area (Å²) in [7, 11) is -3.54. The van der Waals surface area contributed by atoms with Crippen LogP contribution in [0, 0.1) is 12.8 Å². The van der Waals surface area contributed by atoms with Gasteiger partial charge < -0.3 is 11.1 Å². The molecule has 2 aromatic carbocycles. The number of carbonyl (C=O) groups excluding carboxylic acids is 2. The Morgan fingerprint density at radius 3 is 2.11 bits per heavy atom. The number of nitrogens with two attached hydrogens (primary N) is 1. The Bertz CT molecular complexity index is 962. The van der Waals surface area contributed by atoms with Gasteiger partial charge in [0.05, 0.1) is 4.90 Å². The zero-order valence-electron chi connectivity index (χ0n) is 15.6. The molecule has 28 heavy (non-hydrogen) atoms. The highest BCUT2D eigenvalue weighted by Crippen LogP contribution is 2.25. The molecule has 8 heteroatoms. The average molecular weight is 401 g/mol. The minimum absolute atomic E-state index is 0.154. The Balaban J connectivity index is 1.59. The van der Waals surface area contributed by atoms with Crippen LogP contribution in [-0.4, -0.2) is 37.6 Å². The van der Waals surface area contributed by atoms with Gasteiger partial charge in [-0.3, -0.25) is 9.59 Å². The van der Waals surface area contributed by atoms with Crippen LogP contribution < -0.4 is 11.1 Å². The number of benzene rings is 2. The van der Waals surface area contributed by atoms with Gasteiger partial charge in [-0.15, -0.1) is 0 Å². The molecule has 0 saturated carbocycles. The number of primary amides is 1. The maximum atomic E-state index is 12.7. The number of hydrogen-bond acceptors (Lipinski definition) is 4. The quantitative estimate of drug-likeness (QED) is 0.800. The van der Waals surface area contributed by atoms with Crippen molar-refractivity contribution in [2.24, 2.45) is 11.7 Å². The Labute approximate surface area is 164 Å². The highest BCUT2D eigenvalue weighted by molar-refractivity contribution is 7.89. The molecule has 2 amide bonds. The van der Waals surface area contributed by atoms with E-state index in [0.717, 1.165) is 5.56 Å². The second kappa shape index (κ2) is 8.12. The summed E-state index contributed by atoms with van der Waals surface area (Å²) in [5.41, 5.74) is 7.14. The van der Waals surface area contributed by atoms with Gasteiger partial charge in [-0.1, -0.05) is 17.7 Å². The van der Waals surface area contributed by atoms with Crippen LogP contribution in [0.3, 0.4) is 0 Å². The minimum atomic E-state index is -3.54. The van der Waals surface area contributed by atoms with Crippen LogP contribution in [0.5, 0.6) is 0 Å². The van der Waals surface area contributed by atoms with Crippen molar-refractivity contribution in [3.63, 3.8) is 0 Å². The van der Waals surface area contributed by atoms with Crippen molar-refractivity contribution < 1.29 is 18.0 Å². The number of rotatable bonds is 5. The summed E-state index contributed by atoms with van der Waals surface area (Å²) in [6, 6.07) is 13.1. The summed E-state index contributed by atoms with van der Waals surface area (Å²) in [6.07, 6.45) is 0.909. The van der Waals surface area contributed by atoms with E-state index in [4.69, 9.17) is 5.73 Å².